The fourth-order valence-electron chi connectivity index (χ4n) is 3.45. The number of rotatable bonds is 2. The normalized spacial score (nSPS) is 19.6. The number of aromatic nitrogens is 2. The van der Waals surface area contributed by atoms with Gasteiger partial charge in [-0.05, 0) is 49.7 Å². The van der Waals surface area contributed by atoms with E-state index in [1.54, 1.807) is 0 Å². The minimum absolute atomic E-state index is 0.490. The predicted octanol–water partition coefficient (Wildman–Crippen LogP) is 5.22. The van der Waals surface area contributed by atoms with Gasteiger partial charge in [0.15, 0.2) is 0 Å². The van der Waals surface area contributed by atoms with Crippen molar-refractivity contribution in [3.63, 3.8) is 0 Å². The lowest BCUT2D eigenvalue weighted by Gasteiger charge is -2.35. The Morgan fingerprint density at radius 3 is 2.65 bits per heavy atom. The van der Waals surface area contributed by atoms with E-state index >= 15 is 0 Å². The Kier molecular flexibility index (Phi) is 3.53. The average Bonchev–Trinajstić information content (AvgIpc) is 2.79. The Labute approximate surface area is 126 Å². The summed E-state index contributed by atoms with van der Waals surface area (Å²) in [6, 6.07) is 7.00. The number of fused-ring (bicyclic) bond motifs is 1. The Balaban J connectivity index is 2.04. The average molecular weight is 291 g/mol. The second kappa shape index (κ2) is 5.07. The molecular weight excluding hydrogens is 268 g/mol. The molecule has 0 bridgehead atoms. The molecule has 1 heterocycles. The molecule has 3 heteroatoms. The van der Waals surface area contributed by atoms with Crippen LogP contribution in [0.5, 0.6) is 0 Å². The summed E-state index contributed by atoms with van der Waals surface area (Å²) >= 11 is 6.15. The van der Waals surface area contributed by atoms with Gasteiger partial charge in [-0.25, -0.2) is 4.98 Å². The van der Waals surface area contributed by atoms with E-state index in [0.29, 0.717) is 17.3 Å². The first-order chi connectivity index (χ1) is 9.52. The van der Waals surface area contributed by atoms with E-state index in [0.717, 1.165) is 11.3 Å². The molecule has 108 valence electrons. The molecule has 3 rings (SSSR count). The van der Waals surface area contributed by atoms with Gasteiger partial charge < -0.3 is 4.57 Å². The van der Waals surface area contributed by atoms with Gasteiger partial charge in [-0.3, -0.25) is 0 Å². The maximum Gasteiger partial charge on any atom is 0.125 e. The number of para-hydroxylation sites is 1. The van der Waals surface area contributed by atoms with Crippen LogP contribution < -0.4 is 0 Å². The number of imidazole rings is 1. The van der Waals surface area contributed by atoms with Gasteiger partial charge in [0.05, 0.1) is 16.9 Å². The zero-order valence-corrected chi connectivity index (χ0v) is 13.4. The molecule has 0 radical (unpaired) electrons. The third-order valence-electron chi connectivity index (χ3n) is 4.79. The highest BCUT2D eigenvalue weighted by molar-refractivity contribution is 6.16. The van der Waals surface area contributed by atoms with Crippen LogP contribution in [0.25, 0.3) is 11.0 Å². The molecule has 1 aromatic heterocycles. The molecule has 0 amide bonds. The Morgan fingerprint density at radius 1 is 1.30 bits per heavy atom. The number of nitrogens with zero attached hydrogens (tertiary/aromatic N) is 2. The molecule has 1 fully saturated rings. The summed E-state index contributed by atoms with van der Waals surface area (Å²) in [7, 11) is 0. The van der Waals surface area contributed by atoms with Gasteiger partial charge in [0.2, 0.25) is 0 Å². The highest BCUT2D eigenvalue weighted by Gasteiger charge is 2.29. The second-order valence-electron chi connectivity index (χ2n) is 6.87. The zero-order valence-electron chi connectivity index (χ0n) is 12.6. The summed E-state index contributed by atoms with van der Waals surface area (Å²) in [4.78, 5) is 4.77. The fourth-order valence-corrected chi connectivity index (χ4v) is 3.64. The number of hydrogen-bond acceptors (Lipinski definition) is 1. The highest BCUT2D eigenvalue weighted by atomic mass is 35.5. The number of hydrogen-bond donors (Lipinski definition) is 0. The second-order valence-corrected chi connectivity index (χ2v) is 7.14. The molecule has 0 unspecified atom stereocenters. The topological polar surface area (TPSA) is 17.8 Å². The summed E-state index contributed by atoms with van der Waals surface area (Å²) in [6.45, 7) is 6.88. The molecule has 2 nitrogen and oxygen atoms in total. The van der Waals surface area contributed by atoms with E-state index < -0.39 is 0 Å². The van der Waals surface area contributed by atoms with Crippen molar-refractivity contribution >= 4 is 22.6 Å². The van der Waals surface area contributed by atoms with Crippen molar-refractivity contribution in [3.05, 3.63) is 29.6 Å². The third kappa shape index (κ3) is 2.35. The maximum atomic E-state index is 6.15. The van der Waals surface area contributed by atoms with Crippen LogP contribution in [0.3, 0.4) is 0 Å². The summed E-state index contributed by atoms with van der Waals surface area (Å²) < 4.78 is 2.41. The van der Waals surface area contributed by atoms with E-state index in [-0.39, 0.29) is 0 Å². The number of aryl methyl sites for hydroxylation is 1. The first-order valence-corrected chi connectivity index (χ1v) is 8.08. The largest absolute Gasteiger partial charge is 0.324 e. The van der Waals surface area contributed by atoms with Gasteiger partial charge in [0.25, 0.3) is 0 Å². The number of halogens is 1. The summed E-state index contributed by atoms with van der Waals surface area (Å²) in [5, 5.41) is 0. The molecule has 0 N–H and O–H groups in total. The summed E-state index contributed by atoms with van der Waals surface area (Å²) in [6.07, 6.45) is 5.03. The van der Waals surface area contributed by atoms with E-state index in [1.807, 2.05) is 0 Å². The molecule has 0 spiro atoms. The van der Waals surface area contributed by atoms with Crippen molar-refractivity contribution in [1.82, 2.24) is 9.55 Å². The molecule has 0 atom stereocenters. The summed E-state index contributed by atoms with van der Waals surface area (Å²) in [5.74, 6) is 1.52. The van der Waals surface area contributed by atoms with Gasteiger partial charge in [0, 0.05) is 6.04 Å². The van der Waals surface area contributed by atoms with Crippen LogP contribution in [0.15, 0.2) is 18.2 Å². The van der Waals surface area contributed by atoms with Gasteiger partial charge in [-0.15, -0.1) is 11.6 Å². The SMILES string of the molecule is Cc1cccc2c1nc(CCl)n2C1CCC(C)(C)CC1. The minimum Gasteiger partial charge on any atom is -0.324 e. The molecule has 1 aliphatic carbocycles. The first kappa shape index (κ1) is 13.9. The lowest BCUT2D eigenvalue weighted by Crippen LogP contribution is -2.24. The molecule has 1 aromatic carbocycles. The third-order valence-corrected chi connectivity index (χ3v) is 5.03. The van der Waals surface area contributed by atoms with Crippen molar-refractivity contribution in [3.8, 4) is 0 Å². The Morgan fingerprint density at radius 2 is 2.00 bits per heavy atom. The van der Waals surface area contributed by atoms with Crippen LogP contribution in [0, 0.1) is 12.3 Å². The van der Waals surface area contributed by atoms with Crippen molar-refractivity contribution in [2.45, 2.75) is 58.4 Å². The van der Waals surface area contributed by atoms with Crippen LogP contribution in [0.1, 0.15) is 57.0 Å². The van der Waals surface area contributed by atoms with Crippen LogP contribution in [0.2, 0.25) is 0 Å². The van der Waals surface area contributed by atoms with E-state index in [9.17, 15) is 0 Å². The van der Waals surface area contributed by atoms with E-state index in [4.69, 9.17) is 16.6 Å². The van der Waals surface area contributed by atoms with E-state index in [1.165, 1.54) is 36.8 Å². The standard InChI is InChI=1S/C17H23ClN2/c1-12-5-4-6-14-16(12)19-15(11-18)20(14)13-7-9-17(2,3)10-8-13/h4-6,13H,7-11H2,1-3H3. The number of alkyl halides is 1. The van der Waals surface area contributed by atoms with Crippen molar-refractivity contribution in [2.75, 3.05) is 0 Å². The van der Waals surface area contributed by atoms with Gasteiger partial charge in [0.1, 0.15) is 5.82 Å². The van der Waals surface area contributed by atoms with Crippen molar-refractivity contribution < 1.29 is 0 Å². The molecule has 0 aliphatic heterocycles. The van der Waals surface area contributed by atoms with Gasteiger partial charge in [-0.2, -0.15) is 0 Å². The molecule has 1 aliphatic rings. The summed E-state index contributed by atoms with van der Waals surface area (Å²) in [5.41, 5.74) is 4.10. The maximum absolute atomic E-state index is 6.15. The van der Waals surface area contributed by atoms with Gasteiger partial charge in [-0.1, -0.05) is 26.0 Å². The molecular formula is C17H23ClN2. The molecule has 20 heavy (non-hydrogen) atoms. The van der Waals surface area contributed by atoms with Crippen molar-refractivity contribution in [1.29, 1.82) is 0 Å². The smallest absolute Gasteiger partial charge is 0.125 e. The minimum atomic E-state index is 0.490. The van der Waals surface area contributed by atoms with Crippen LogP contribution in [-0.2, 0) is 5.88 Å². The first-order valence-electron chi connectivity index (χ1n) is 7.54. The van der Waals surface area contributed by atoms with Crippen LogP contribution >= 0.6 is 11.6 Å². The Bertz CT molecular complexity index is 617. The predicted molar refractivity (Wildman–Crippen MR) is 85.3 cm³/mol. The number of benzene rings is 1. The monoisotopic (exact) mass is 290 g/mol. The lowest BCUT2D eigenvalue weighted by molar-refractivity contribution is 0.194. The quantitative estimate of drug-likeness (QED) is 0.693. The highest BCUT2D eigenvalue weighted by Crippen LogP contribution is 2.41. The Hall–Kier alpha value is -1.02. The van der Waals surface area contributed by atoms with Crippen LogP contribution in [-0.4, -0.2) is 9.55 Å². The van der Waals surface area contributed by atoms with Crippen LogP contribution in [0.4, 0.5) is 0 Å². The fraction of sp³-hybridized carbons (Fsp3) is 0.588. The van der Waals surface area contributed by atoms with Crippen molar-refractivity contribution in [2.24, 2.45) is 5.41 Å². The molecule has 0 saturated heterocycles. The van der Waals surface area contributed by atoms with E-state index in [2.05, 4.69) is 43.5 Å². The lowest BCUT2D eigenvalue weighted by atomic mass is 9.75. The molecule has 1 saturated carbocycles. The van der Waals surface area contributed by atoms with Gasteiger partial charge >= 0.3 is 0 Å². The zero-order chi connectivity index (χ0) is 14.3. The molecule has 2 aromatic rings.